The second-order valence-corrected chi connectivity index (χ2v) is 5.86. The van der Waals surface area contributed by atoms with Gasteiger partial charge in [-0.15, -0.1) is 0 Å². The number of Topliss-reactive ketones (excluding diaryl/α,β-unsaturated/α-hetero) is 1. The van der Waals surface area contributed by atoms with Gasteiger partial charge in [-0.25, -0.2) is 4.98 Å². The molecule has 0 bridgehead atoms. The number of carbonyl (C=O) groups excluding carboxylic acids is 1. The zero-order chi connectivity index (χ0) is 13.5. The molecule has 2 heterocycles. The Morgan fingerprint density at radius 1 is 1.37 bits per heavy atom. The van der Waals surface area contributed by atoms with E-state index in [1.54, 1.807) is 12.4 Å². The van der Waals surface area contributed by atoms with Crippen LogP contribution in [0.1, 0.15) is 49.4 Å². The molecule has 0 radical (unpaired) electrons. The van der Waals surface area contributed by atoms with E-state index in [-0.39, 0.29) is 11.2 Å². The second-order valence-electron chi connectivity index (χ2n) is 5.86. The molecule has 3 rings (SSSR count). The summed E-state index contributed by atoms with van der Waals surface area (Å²) in [4.78, 5) is 24.6. The van der Waals surface area contributed by atoms with Crippen molar-refractivity contribution in [2.24, 2.45) is 5.41 Å². The van der Waals surface area contributed by atoms with Crippen LogP contribution < -0.4 is 5.59 Å². The first-order valence-electron chi connectivity index (χ1n) is 6.96. The first-order valence-corrected chi connectivity index (χ1v) is 6.96. The van der Waals surface area contributed by atoms with Gasteiger partial charge in [-0.2, -0.15) is 0 Å². The predicted octanol–water partition coefficient (Wildman–Crippen LogP) is 1.37. The van der Waals surface area contributed by atoms with E-state index in [9.17, 15) is 4.79 Å². The molecule has 98 valence electrons. The van der Waals surface area contributed by atoms with Crippen LogP contribution >= 0.6 is 0 Å². The summed E-state index contributed by atoms with van der Waals surface area (Å²) in [5, 5.41) is 0. The molecule has 0 saturated heterocycles. The van der Waals surface area contributed by atoms with E-state index in [4.69, 9.17) is 0 Å². The molecule has 2 aromatic rings. The lowest BCUT2D eigenvalue weighted by molar-refractivity contribution is 0.0751. The average molecular weight is 255 g/mol. The van der Waals surface area contributed by atoms with Gasteiger partial charge in [0.1, 0.15) is 5.52 Å². The van der Waals surface area contributed by atoms with Gasteiger partial charge < -0.3 is 4.98 Å². The van der Waals surface area contributed by atoms with Crippen molar-refractivity contribution >= 4 is 30.4 Å². The van der Waals surface area contributed by atoms with E-state index in [0.29, 0.717) is 11.2 Å². The fraction of sp³-hybridized carbons (Fsp3) is 0.500. The number of carbonyl (C=O) groups is 1. The van der Waals surface area contributed by atoms with Gasteiger partial charge in [-0.3, -0.25) is 9.78 Å². The van der Waals surface area contributed by atoms with Gasteiger partial charge in [-0.1, -0.05) is 26.2 Å². The second kappa shape index (κ2) is 4.47. The molecule has 5 heteroatoms. The summed E-state index contributed by atoms with van der Waals surface area (Å²) in [6.07, 6.45) is 9.00. The molecule has 1 fully saturated rings. The smallest absolute Gasteiger partial charge is 0.172 e. The third kappa shape index (κ3) is 2.07. The predicted molar refractivity (Wildman–Crippen MR) is 77.6 cm³/mol. The van der Waals surface area contributed by atoms with Crippen LogP contribution in [0.2, 0.25) is 0 Å². The minimum absolute atomic E-state index is 0.221. The van der Waals surface area contributed by atoms with Crippen molar-refractivity contribution in [1.29, 1.82) is 0 Å². The van der Waals surface area contributed by atoms with Crippen molar-refractivity contribution < 1.29 is 4.79 Å². The lowest BCUT2D eigenvalue weighted by Gasteiger charge is -2.31. The maximum Gasteiger partial charge on any atom is 0.172 e. The number of hydrogen-bond acceptors (Lipinski definition) is 3. The Hall–Kier alpha value is -1.65. The number of aromatic amines is 1. The lowest BCUT2D eigenvalue weighted by Crippen LogP contribution is -2.30. The van der Waals surface area contributed by atoms with Crippen molar-refractivity contribution in [2.75, 3.05) is 0 Å². The number of H-pyrrole nitrogens is 1. The van der Waals surface area contributed by atoms with Gasteiger partial charge >= 0.3 is 0 Å². The maximum absolute atomic E-state index is 12.8. The Morgan fingerprint density at radius 2 is 2.11 bits per heavy atom. The summed E-state index contributed by atoms with van der Waals surface area (Å²) >= 11 is 0. The number of ketones is 1. The third-order valence-corrected chi connectivity index (χ3v) is 4.25. The van der Waals surface area contributed by atoms with Gasteiger partial charge in [0.25, 0.3) is 0 Å². The normalized spacial score (nSPS) is 18.6. The van der Waals surface area contributed by atoms with Crippen LogP contribution in [0.3, 0.4) is 0 Å². The van der Waals surface area contributed by atoms with Crippen LogP contribution in [0.5, 0.6) is 0 Å². The summed E-state index contributed by atoms with van der Waals surface area (Å²) in [7, 11) is 1.90. The quantitative estimate of drug-likeness (QED) is 0.651. The molecule has 19 heavy (non-hydrogen) atoms. The fourth-order valence-corrected chi connectivity index (χ4v) is 3.04. The van der Waals surface area contributed by atoms with Crippen molar-refractivity contribution in [3.63, 3.8) is 0 Å². The van der Waals surface area contributed by atoms with Gasteiger partial charge in [0.05, 0.1) is 5.56 Å². The molecule has 1 aliphatic rings. The summed E-state index contributed by atoms with van der Waals surface area (Å²) in [5.74, 6) is 0.221. The highest BCUT2D eigenvalue weighted by molar-refractivity contribution is 6.31. The number of rotatable bonds is 2. The largest absolute Gasteiger partial charge is 0.344 e. The third-order valence-electron chi connectivity index (χ3n) is 4.25. The Balaban J connectivity index is 2.04. The summed E-state index contributed by atoms with van der Waals surface area (Å²) in [5.41, 5.74) is 2.74. The van der Waals surface area contributed by atoms with E-state index in [1.807, 2.05) is 7.85 Å². The van der Waals surface area contributed by atoms with E-state index >= 15 is 0 Å². The molecule has 0 amide bonds. The van der Waals surface area contributed by atoms with E-state index in [0.717, 1.165) is 36.8 Å². The monoisotopic (exact) mass is 255 g/mol. The molecular formula is C14H18BN3O. The highest BCUT2D eigenvalue weighted by atomic mass is 16.1. The van der Waals surface area contributed by atoms with Crippen LogP contribution in [0.4, 0.5) is 0 Å². The minimum Gasteiger partial charge on any atom is -0.344 e. The Kier molecular flexibility index (Phi) is 2.92. The zero-order valence-electron chi connectivity index (χ0n) is 11.5. The molecule has 0 unspecified atom stereocenters. The number of aromatic nitrogens is 3. The van der Waals surface area contributed by atoms with Gasteiger partial charge in [0, 0.05) is 23.4 Å². The molecule has 0 aliphatic heterocycles. The van der Waals surface area contributed by atoms with E-state index < -0.39 is 0 Å². The summed E-state index contributed by atoms with van der Waals surface area (Å²) in [6.45, 7) is 2.09. The average Bonchev–Trinajstić information content (AvgIpc) is 2.81. The molecule has 1 saturated carbocycles. The van der Waals surface area contributed by atoms with Crippen molar-refractivity contribution in [1.82, 2.24) is 15.0 Å². The van der Waals surface area contributed by atoms with Crippen molar-refractivity contribution in [2.45, 2.75) is 39.0 Å². The molecule has 1 aliphatic carbocycles. The Labute approximate surface area is 113 Å². The van der Waals surface area contributed by atoms with Crippen LogP contribution in [0.15, 0.2) is 12.4 Å². The molecule has 2 aromatic heterocycles. The van der Waals surface area contributed by atoms with Crippen LogP contribution in [0, 0.1) is 5.41 Å². The van der Waals surface area contributed by atoms with Crippen LogP contribution in [-0.2, 0) is 0 Å². The van der Waals surface area contributed by atoms with Crippen LogP contribution in [-0.4, -0.2) is 28.6 Å². The first-order chi connectivity index (χ1) is 9.10. The minimum atomic E-state index is -0.223. The van der Waals surface area contributed by atoms with Crippen molar-refractivity contribution in [3.8, 4) is 0 Å². The molecular weight excluding hydrogens is 237 g/mol. The van der Waals surface area contributed by atoms with Gasteiger partial charge in [0.2, 0.25) is 0 Å². The van der Waals surface area contributed by atoms with Gasteiger partial charge in [0.15, 0.2) is 19.3 Å². The van der Waals surface area contributed by atoms with Gasteiger partial charge in [-0.05, 0) is 12.8 Å². The van der Waals surface area contributed by atoms with E-state index in [2.05, 4.69) is 21.9 Å². The highest BCUT2D eigenvalue weighted by Gasteiger charge is 2.36. The number of nitrogens with zero attached hydrogens (tertiary/aromatic N) is 2. The van der Waals surface area contributed by atoms with Crippen molar-refractivity contribution in [3.05, 3.63) is 18.0 Å². The molecule has 0 aromatic carbocycles. The zero-order valence-corrected chi connectivity index (χ0v) is 11.5. The topological polar surface area (TPSA) is 58.6 Å². The summed E-state index contributed by atoms with van der Waals surface area (Å²) in [6, 6.07) is 0. The lowest BCUT2D eigenvalue weighted by atomic mass is 9.71. The summed E-state index contributed by atoms with van der Waals surface area (Å²) < 4.78 is 0. The first kappa shape index (κ1) is 12.4. The number of nitrogens with one attached hydrogen (secondary N) is 1. The standard InChI is InChI=1S/C14H18BN3O/c1-14(5-3-2-4-6-14)12(19)9-7-16-13-11(9)18-10(15)8-17-13/h7-8H,2-6,15H2,1H3,(H,16,17). The number of hydrogen-bond donors (Lipinski definition) is 1. The van der Waals surface area contributed by atoms with Crippen LogP contribution in [0.25, 0.3) is 11.2 Å². The molecule has 0 spiro atoms. The maximum atomic E-state index is 12.8. The molecule has 4 nitrogen and oxygen atoms in total. The number of fused-ring (bicyclic) bond motifs is 1. The Morgan fingerprint density at radius 3 is 2.84 bits per heavy atom. The SMILES string of the molecule is Bc1cnc2[nH]cc(C(=O)C3(C)CCCCC3)c2n1. The highest BCUT2D eigenvalue weighted by Crippen LogP contribution is 2.39. The molecule has 0 atom stereocenters. The van der Waals surface area contributed by atoms with E-state index in [1.165, 1.54) is 6.42 Å². The molecule has 1 N–H and O–H groups in total. The Bertz CT molecular complexity index is 629. The fourth-order valence-electron chi connectivity index (χ4n) is 3.04.